The molecule has 0 aliphatic rings. The van der Waals surface area contributed by atoms with E-state index in [1.54, 1.807) is 12.3 Å². The molecule has 2 aromatic heterocycles. The lowest BCUT2D eigenvalue weighted by atomic mass is 10.1. The molecule has 4 aromatic rings. The van der Waals surface area contributed by atoms with Crippen LogP contribution in [0.25, 0.3) is 22.8 Å². The summed E-state index contributed by atoms with van der Waals surface area (Å²) in [6.07, 6.45) is 1.75. The standard InChI is InChI=1S/C20H17N5O/c1-13-15(11-12-21-13)20(26)22-17-10-6-5-9-16(17)19-23-18(24-25-19)14-7-3-2-4-8-14/h2-12,21H,1H3,(H,22,26)(H,23,24,25). The highest BCUT2D eigenvalue weighted by molar-refractivity contribution is 6.06. The number of benzene rings is 2. The Balaban J connectivity index is 1.65. The maximum absolute atomic E-state index is 12.5. The number of carbonyl (C=O) groups excluding carboxylic acids is 1. The number of hydrogen-bond acceptors (Lipinski definition) is 3. The van der Waals surface area contributed by atoms with Crippen LogP contribution in [0.1, 0.15) is 16.1 Å². The summed E-state index contributed by atoms with van der Waals surface area (Å²) >= 11 is 0. The number of nitrogens with zero attached hydrogens (tertiary/aromatic N) is 2. The Hall–Kier alpha value is -3.67. The van der Waals surface area contributed by atoms with Gasteiger partial charge in [-0.1, -0.05) is 42.5 Å². The Morgan fingerprint density at radius 1 is 1.00 bits per heavy atom. The van der Waals surface area contributed by atoms with Crippen LogP contribution in [-0.2, 0) is 0 Å². The number of aryl methyl sites for hydroxylation is 1. The number of nitrogens with one attached hydrogen (secondary N) is 3. The van der Waals surface area contributed by atoms with Gasteiger partial charge in [-0.05, 0) is 25.1 Å². The minimum absolute atomic E-state index is 0.168. The van der Waals surface area contributed by atoms with Gasteiger partial charge in [-0.25, -0.2) is 4.98 Å². The topological polar surface area (TPSA) is 86.5 Å². The third kappa shape index (κ3) is 3.00. The molecule has 6 nitrogen and oxygen atoms in total. The summed E-state index contributed by atoms with van der Waals surface area (Å²) in [5.41, 5.74) is 3.82. The summed E-state index contributed by atoms with van der Waals surface area (Å²) in [4.78, 5) is 20.1. The van der Waals surface area contributed by atoms with Crippen LogP contribution in [0.3, 0.4) is 0 Å². The zero-order chi connectivity index (χ0) is 17.9. The fourth-order valence-electron chi connectivity index (χ4n) is 2.79. The first kappa shape index (κ1) is 15.8. The second-order valence-corrected chi connectivity index (χ2v) is 5.89. The minimum atomic E-state index is -0.168. The van der Waals surface area contributed by atoms with Crippen molar-refractivity contribution in [2.45, 2.75) is 6.92 Å². The molecule has 6 heteroatoms. The Kier molecular flexibility index (Phi) is 4.07. The molecule has 0 aliphatic heterocycles. The molecule has 0 atom stereocenters. The number of hydrogen-bond donors (Lipinski definition) is 3. The van der Waals surface area contributed by atoms with E-state index in [4.69, 9.17) is 0 Å². The first-order valence-electron chi connectivity index (χ1n) is 8.25. The van der Waals surface area contributed by atoms with Crippen molar-refractivity contribution in [1.82, 2.24) is 20.2 Å². The van der Waals surface area contributed by atoms with E-state index in [-0.39, 0.29) is 5.91 Å². The van der Waals surface area contributed by atoms with E-state index >= 15 is 0 Å². The lowest BCUT2D eigenvalue weighted by Gasteiger charge is -2.09. The largest absolute Gasteiger partial charge is 0.365 e. The van der Waals surface area contributed by atoms with Crippen LogP contribution in [0.2, 0.25) is 0 Å². The summed E-state index contributed by atoms with van der Waals surface area (Å²) in [6.45, 7) is 1.86. The molecule has 2 heterocycles. The van der Waals surface area contributed by atoms with Gasteiger partial charge in [0.25, 0.3) is 5.91 Å². The maximum atomic E-state index is 12.5. The number of para-hydroxylation sites is 1. The van der Waals surface area contributed by atoms with Gasteiger partial charge < -0.3 is 10.3 Å². The van der Waals surface area contributed by atoms with E-state index < -0.39 is 0 Å². The molecule has 2 aromatic carbocycles. The van der Waals surface area contributed by atoms with E-state index in [1.165, 1.54) is 0 Å². The highest BCUT2D eigenvalue weighted by Gasteiger charge is 2.15. The molecule has 0 radical (unpaired) electrons. The number of aromatic amines is 2. The highest BCUT2D eigenvalue weighted by atomic mass is 16.1. The number of amides is 1. The smallest absolute Gasteiger partial charge is 0.257 e. The lowest BCUT2D eigenvalue weighted by molar-refractivity contribution is 0.102. The maximum Gasteiger partial charge on any atom is 0.257 e. The van der Waals surface area contributed by atoms with Crippen molar-refractivity contribution >= 4 is 11.6 Å². The third-order valence-corrected chi connectivity index (χ3v) is 4.15. The van der Waals surface area contributed by atoms with E-state index in [0.717, 1.165) is 16.8 Å². The predicted molar refractivity (Wildman–Crippen MR) is 101 cm³/mol. The third-order valence-electron chi connectivity index (χ3n) is 4.15. The van der Waals surface area contributed by atoms with E-state index in [0.29, 0.717) is 22.9 Å². The van der Waals surface area contributed by atoms with Crippen LogP contribution in [0.4, 0.5) is 5.69 Å². The van der Waals surface area contributed by atoms with Crippen LogP contribution in [0, 0.1) is 6.92 Å². The van der Waals surface area contributed by atoms with Crippen molar-refractivity contribution in [3.63, 3.8) is 0 Å². The Morgan fingerprint density at radius 2 is 1.77 bits per heavy atom. The SMILES string of the molecule is Cc1[nH]ccc1C(=O)Nc1ccccc1-c1nc(-c2ccccc2)n[nH]1. The van der Waals surface area contributed by atoms with Crippen molar-refractivity contribution in [2.24, 2.45) is 0 Å². The fraction of sp³-hybridized carbons (Fsp3) is 0.0500. The summed E-state index contributed by atoms with van der Waals surface area (Å²) < 4.78 is 0. The second kappa shape index (κ2) is 6.68. The minimum Gasteiger partial charge on any atom is -0.365 e. The van der Waals surface area contributed by atoms with E-state index in [2.05, 4.69) is 25.5 Å². The molecule has 1 amide bonds. The van der Waals surface area contributed by atoms with Gasteiger partial charge in [-0.2, -0.15) is 5.10 Å². The van der Waals surface area contributed by atoms with Crippen LogP contribution in [0.5, 0.6) is 0 Å². The van der Waals surface area contributed by atoms with Gasteiger partial charge >= 0.3 is 0 Å². The molecule has 0 bridgehead atoms. The molecule has 26 heavy (non-hydrogen) atoms. The van der Waals surface area contributed by atoms with E-state index in [9.17, 15) is 4.79 Å². The fourth-order valence-corrected chi connectivity index (χ4v) is 2.79. The molecule has 0 fully saturated rings. The molecule has 0 aliphatic carbocycles. The molecule has 0 saturated carbocycles. The Bertz CT molecular complexity index is 1050. The van der Waals surface area contributed by atoms with Crippen LogP contribution in [0.15, 0.2) is 66.9 Å². The molecule has 0 saturated heterocycles. The zero-order valence-corrected chi connectivity index (χ0v) is 14.2. The van der Waals surface area contributed by atoms with Gasteiger partial charge in [0.05, 0.1) is 11.3 Å². The average Bonchev–Trinajstić information content (AvgIpc) is 3.32. The Morgan fingerprint density at radius 3 is 2.54 bits per heavy atom. The molecule has 3 N–H and O–H groups in total. The van der Waals surface area contributed by atoms with Crippen molar-refractivity contribution in [1.29, 1.82) is 0 Å². The van der Waals surface area contributed by atoms with Crippen LogP contribution >= 0.6 is 0 Å². The average molecular weight is 343 g/mol. The number of aromatic nitrogens is 4. The monoisotopic (exact) mass is 343 g/mol. The van der Waals surface area contributed by atoms with Crippen LogP contribution < -0.4 is 5.32 Å². The van der Waals surface area contributed by atoms with Gasteiger partial charge in [0.2, 0.25) is 0 Å². The summed E-state index contributed by atoms with van der Waals surface area (Å²) in [5, 5.41) is 10.2. The van der Waals surface area contributed by atoms with Crippen molar-refractivity contribution in [3.8, 4) is 22.8 Å². The van der Waals surface area contributed by atoms with Gasteiger partial charge in [0.1, 0.15) is 0 Å². The predicted octanol–water partition coefficient (Wildman–Crippen LogP) is 4.03. The van der Waals surface area contributed by atoms with Crippen molar-refractivity contribution in [2.75, 3.05) is 5.32 Å². The molecular formula is C20H17N5O. The van der Waals surface area contributed by atoms with Gasteiger partial charge in [-0.3, -0.25) is 9.89 Å². The molecular weight excluding hydrogens is 326 g/mol. The number of rotatable bonds is 4. The van der Waals surface area contributed by atoms with Gasteiger partial charge in [-0.15, -0.1) is 0 Å². The first-order valence-corrected chi connectivity index (χ1v) is 8.25. The lowest BCUT2D eigenvalue weighted by Crippen LogP contribution is -2.13. The second-order valence-electron chi connectivity index (χ2n) is 5.89. The van der Waals surface area contributed by atoms with Crippen molar-refractivity contribution < 1.29 is 4.79 Å². The zero-order valence-electron chi connectivity index (χ0n) is 14.2. The molecule has 0 spiro atoms. The summed E-state index contributed by atoms with van der Waals surface area (Å²) in [7, 11) is 0. The van der Waals surface area contributed by atoms with Gasteiger partial charge in [0, 0.05) is 23.0 Å². The number of carbonyl (C=O) groups is 1. The molecule has 0 unspecified atom stereocenters. The summed E-state index contributed by atoms with van der Waals surface area (Å²) in [6, 6.07) is 19.0. The van der Waals surface area contributed by atoms with Crippen LogP contribution in [-0.4, -0.2) is 26.1 Å². The number of H-pyrrole nitrogens is 2. The Labute approximate surface area is 150 Å². The van der Waals surface area contributed by atoms with Gasteiger partial charge in [0.15, 0.2) is 11.6 Å². The van der Waals surface area contributed by atoms with E-state index in [1.807, 2.05) is 61.5 Å². The normalized spacial score (nSPS) is 10.7. The summed E-state index contributed by atoms with van der Waals surface area (Å²) in [5.74, 6) is 1.05. The highest BCUT2D eigenvalue weighted by Crippen LogP contribution is 2.27. The molecule has 4 rings (SSSR count). The van der Waals surface area contributed by atoms with Crippen molar-refractivity contribution in [3.05, 3.63) is 78.1 Å². The number of anilines is 1. The quantitative estimate of drug-likeness (QED) is 0.523. The first-order chi connectivity index (χ1) is 12.7. The molecule has 128 valence electrons.